The van der Waals surface area contributed by atoms with Crippen LogP contribution in [-0.4, -0.2) is 64.7 Å². The minimum absolute atomic E-state index is 0.0779. The molecule has 0 aliphatic carbocycles. The molecule has 1 N–H and O–H groups in total. The molecule has 7 nitrogen and oxygen atoms in total. The van der Waals surface area contributed by atoms with Crippen molar-refractivity contribution in [2.45, 2.75) is 19.4 Å². The van der Waals surface area contributed by atoms with Crippen LogP contribution >= 0.6 is 0 Å². The Morgan fingerprint density at radius 3 is 2.23 bits per heavy atom. The van der Waals surface area contributed by atoms with Gasteiger partial charge in [0.2, 0.25) is 11.8 Å². The summed E-state index contributed by atoms with van der Waals surface area (Å²) in [6, 6.07) is 15.4. The van der Waals surface area contributed by atoms with Gasteiger partial charge in [-0.25, -0.2) is 4.39 Å². The van der Waals surface area contributed by atoms with Gasteiger partial charge in [0.05, 0.1) is 51.9 Å². The number of benzene rings is 2. The van der Waals surface area contributed by atoms with Gasteiger partial charge in [-0.15, -0.1) is 0 Å². The third-order valence-electron chi connectivity index (χ3n) is 5.27. The van der Waals surface area contributed by atoms with E-state index in [-0.39, 0.29) is 44.4 Å². The van der Waals surface area contributed by atoms with Gasteiger partial charge in [0, 0.05) is 30.5 Å². The maximum atomic E-state index is 13.1. The number of hydrogen-bond acceptors (Lipinski definition) is 5. The van der Waals surface area contributed by atoms with Crippen molar-refractivity contribution >= 4 is 17.5 Å². The average molecular weight is 482 g/mol. The molecule has 3 rings (SSSR count). The van der Waals surface area contributed by atoms with Crippen LogP contribution in [-0.2, 0) is 30.3 Å². The van der Waals surface area contributed by atoms with Gasteiger partial charge in [0.1, 0.15) is 6.67 Å². The standard InChI is InChI=1S/C27H31FN2O5/c28-13-16-34-18-20-35-19-17-33-15-12-26(31)29-14-11-27(32)30-21-24-7-2-1-5-22(24)9-10-23-6-3-4-8-25(23)30/h1-8H,11-21H2,(H,29,31)/i28-1. The second-order valence-corrected chi connectivity index (χ2v) is 7.78. The lowest BCUT2D eigenvalue weighted by Crippen LogP contribution is -2.35. The molecular formula is C27H31FN2O5. The Morgan fingerprint density at radius 1 is 0.829 bits per heavy atom. The van der Waals surface area contributed by atoms with Gasteiger partial charge in [0.25, 0.3) is 0 Å². The van der Waals surface area contributed by atoms with Crippen LogP contribution in [0.2, 0.25) is 0 Å². The first-order valence-electron chi connectivity index (χ1n) is 11.7. The third-order valence-corrected chi connectivity index (χ3v) is 5.27. The molecular weight excluding hydrogens is 450 g/mol. The first-order chi connectivity index (χ1) is 17.2. The van der Waals surface area contributed by atoms with Crippen molar-refractivity contribution in [2.75, 3.05) is 57.8 Å². The van der Waals surface area contributed by atoms with E-state index in [1.54, 1.807) is 4.90 Å². The van der Waals surface area contributed by atoms with E-state index in [9.17, 15) is 14.0 Å². The Labute approximate surface area is 205 Å². The van der Waals surface area contributed by atoms with E-state index in [2.05, 4.69) is 17.2 Å². The van der Waals surface area contributed by atoms with Crippen molar-refractivity contribution in [1.82, 2.24) is 5.32 Å². The number of carbonyl (C=O) groups excluding carboxylic acids is 2. The SMILES string of the molecule is O=C(CCOCCOCCOCC[18F])NCCC(=O)N1Cc2ccccc2C#Cc2ccccc21. The highest BCUT2D eigenvalue weighted by Gasteiger charge is 2.21. The zero-order chi connectivity index (χ0) is 24.7. The van der Waals surface area contributed by atoms with Crippen LogP contribution in [0.5, 0.6) is 0 Å². The van der Waals surface area contributed by atoms with Crippen molar-refractivity contribution in [3.63, 3.8) is 0 Å². The van der Waals surface area contributed by atoms with Gasteiger partial charge >= 0.3 is 0 Å². The average Bonchev–Trinajstić information content (AvgIpc) is 2.86. The smallest absolute Gasteiger partial charge is 0.229 e. The zero-order valence-corrected chi connectivity index (χ0v) is 19.8. The molecule has 0 bridgehead atoms. The van der Waals surface area contributed by atoms with E-state index in [1.165, 1.54) is 0 Å². The number of ether oxygens (including phenoxy) is 3. The first-order valence-corrected chi connectivity index (χ1v) is 11.7. The summed E-state index contributed by atoms with van der Waals surface area (Å²) < 4.78 is 27.5. The molecule has 0 fully saturated rings. The Balaban J connectivity index is 1.39. The predicted octanol–water partition coefficient (Wildman–Crippen LogP) is 2.85. The Hall–Kier alpha value is -3.25. The largest absolute Gasteiger partial charge is 0.379 e. The van der Waals surface area contributed by atoms with Crippen molar-refractivity contribution < 1.29 is 28.2 Å². The molecule has 0 saturated heterocycles. The summed E-state index contributed by atoms with van der Waals surface area (Å²) in [6.07, 6.45) is 0.373. The van der Waals surface area contributed by atoms with Gasteiger partial charge in [-0.1, -0.05) is 42.2 Å². The molecule has 1 aliphatic heterocycles. The molecule has 0 unspecified atom stereocenters. The summed E-state index contributed by atoms with van der Waals surface area (Å²) in [7, 11) is 0. The molecule has 2 aromatic carbocycles. The molecule has 0 radical (unpaired) electrons. The number of nitrogens with one attached hydrogen (secondary N) is 1. The van der Waals surface area contributed by atoms with Crippen LogP contribution in [0.1, 0.15) is 29.5 Å². The lowest BCUT2D eigenvalue weighted by Gasteiger charge is -2.26. The van der Waals surface area contributed by atoms with Crippen molar-refractivity contribution in [1.29, 1.82) is 0 Å². The van der Waals surface area contributed by atoms with Crippen LogP contribution in [0, 0.1) is 11.8 Å². The van der Waals surface area contributed by atoms with Gasteiger partial charge in [0.15, 0.2) is 0 Å². The van der Waals surface area contributed by atoms with Crippen molar-refractivity contribution in [3.05, 3.63) is 65.2 Å². The maximum Gasteiger partial charge on any atom is 0.229 e. The van der Waals surface area contributed by atoms with E-state index in [1.807, 2.05) is 48.5 Å². The number of amides is 2. The van der Waals surface area contributed by atoms with Crippen LogP contribution in [0.15, 0.2) is 48.5 Å². The quantitative estimate of drug-likeness (QED) is 0.332. The number of halogens is 1. The van der Waals surface area contributed by atoms with Gasteiger partial charge in [-0.05, 0) is 23.8 Å². The van der Waals surface area contributed by atoms with Crippen LogP contribution in [0.3, 0.4) is 0 Å². The maximum absolute atomic E-state index is 13.1. The number of alkyl halides is 1. The summed E-state index contributed by atoms with van der Waals surface area (Å²) >= 11 is 0. The van der Waals surface area contributed by atoms with E-state index in [0.717, 1.165) is 22.4 Å². The lowest BCUT2D eigenvalue weighted by atomic mass is 10.0. The molecule has 8 heteroatoms. The van der Waals surface area contributed by atoms with Crippen molar-refractivity contribution in [2.24, 2.45) is 0 Å². The number of anilines is 1. The lowest BCUT2D eigenvalue weighted by molar-refractivity contribution is -0.122. The number of nitrogens with zero attached hydrogens (tertiary/aromatic N) is 1. The molecule has 0 aromatic heterocycles. The van der Waals surface area contributed by atoms with Crippen molar-refractivity contribution in [3.8, 4) is 11.8 Å². The fourth-order valence-electron chi connectivity index (χ4n) is 3.50. The predicted molar refractivity (Wildman–Crippen MR) is 131 cm³/mol. The summed E-state index contributed by atoms with van der Waals surface area (Å²) in [5.41, 5.74) is 3.46. The molecule has 0 atom stereocenters. The summed E-state index contributed by atoms with van der Waals surface area (Å²) in [6.45, 7) is 1.94. The number of para-hydroxylation sites is 1. The molecule has 1 heterocycles. The van der Waals surface area contributed by atoms with Gasteiger partial charge in [-0.2, -0.15) is 0 Å². The Bertz CT molecular complexity index is 1030. The summed E-state index contributed by atoms with van der Waals surface area (Å²) in [5, 5.41) is 2.78. The van der Waals surface area contributed by atoms with E-state index in [4.69, 9.17) is 14.2 Å². The van der Waals surface area contributed by atoms with Crippen LogP contribution in [0.4, 0.5) is 10.1 Å². The second kappa shape index (κ2) is 14.9. The minimum atomic E-state index is -0.505. The molecule has 0 saturated carbocycles. The summed E-state index contributed by atoms with van der Waals surface area (Å²) in [4.78, 5) is 26.9. The highest BCUT2D eigenvalue weighted by atomic mass is 18.2. The summed E-state index contributed by atoms with van der Waals surface area (Å²) in [5.74, 6) is 6.12. The number of rotatable bonds is 14. The highest BCUT2D eigenvalue weighted by molar-refractivity contribution is 5.95. The fourth-order valence-corrected chi connectivity index (χ4v) is 3.50. The van der Waals surface area contributed by atoms with E-state index >= 15 is 0 Å². The highest BCUT2D eigenvalue weighted by Crippen LogP contribution is 2.25. The second-order valence-electron chi connectivity index (χ2n) is 7.78. The topological polar surface area (TPSA) is 77.1 Å². The van der Waals surface area contributed by atoms with Crippen LogP contribution < -0.4 is 10.2 Å². The van der Waals surface area contributed by atoms with E-state index in [0.29, 0.717) is 33.0 Å². The number of hydrogen-bond donors (Lipinski definition) is 1. The first kappa shape index (κ1) is 26.4. The number of fused-ring (bicyclic) bond motifs is 2. The molecule has 2 aromatic rings. The molecule has 186 valence electrons. The van der Waals surface area contributed by atoms with Gasteiger partial charge in [-0.3, -0.25) is 9.59 Å². The third kappa shape index (κ3) is 8.80. The van der Waals surface area contributed by atoms with E-state index < -0.39 is 6.67 Å². The fraction of sp³-hybridized carbons (Fsp3) is 0.407. The Morgan fingerprint density at radius 2 is 1.46 bits per heavy atom. The molecule has 1 aliphatic rings. The monoisotopic (exact) mass is 481 g/mol. The normalized spacial score (nSPS) is 12.0. The molecule has 0 spiro atoms. The zero-order valence-electron chi connectivity index (χ0n) is 19.8. The Kier molecular flexibility index (Phi) is 11.2. The number of carbonyl (C=O) groups is 2. The molecule has 35 heavy (non-hydrogen) atoms. The van der Waals surface area contributed by atoms with Crippen LogP contribution in [0.25, 0.3) is 0 Å². The minimum Gasteiger partial charge on any atom is -0.379 e. The molecule has 2 amide bonds. The van der Waals surface area contributed by atoms with Gasteiger partial charge < -0.3 is 24.4 Å².